The quantitative estimate of drug-likeness (QED) is 0.347. The summed E-state index contributed by atoms with van der Waals surface area (Å²) >= 11 is 23.8. The number of halogens is 4. The minimum Gasteiger partial charge on any atom is -0.325 e. The van der Waals surface area contributed by atoms with Crippen LogP contribution in [0.4, 0.5) is 11.4 Å². The van der Waals surface area contributed by atoms with Crippen LogP contribution in [0.25, 0.3) is 0 Å². The molecule has 4 nitrogen and oxygen atoms in total. The van der Waals surface area contributed by atoms with Gasteiger partial charge in [-0.3, -0.25) is 9.59 Å². The summed E-state index contributed by atoms with van der Waals surface area (Å²) in [6, 6.07) is 9.92. The van der Waals surface area contributed by atoms with E-state index in [0.717, 1.165) is 32.1 Å². The van der Waals surface area contributed by atoms with E-state index in [0.29, 0.717) is 44.3 Å². The Bertz CT molecular complexity index is 789. The molecular formula is C21H22Cl4N2O2. The summed E-state index contributed by atoms with van der Waals surface area (Å²) in [7, 11) is 0. The first-order chi connectivity index (χ1) is 13.8. The molecule has 2 amide bonds. The first-order valence-electron chi connectivity index (χ1n) is 9.35. The largest absolute Gasteiger partial charge is 0.325 e. The SMILES string of the molecule is O=C(CCCCCCCC(=O)Nc1ccc(Cl)cc1Cl)Nc1ccc(Cl)cc1Cl. The number of hydrogen-bond acceptors (Lipinski definition) is 2. The first-order valence-corrected chi connectivity index (χ1v) is 10.9. The van der Waals surface area contributed by atoms with Crippen molar-refractivity contribution in [2.75, 3.05) is 10.6 Å². The van der Waals surface area contributed by atoms with Crippen molar-refractivity contribution in [2.45, 2.75) is 44.9 Å². The van der Waals surface area contributed by atoms with E-state index in [-0.39, 0.29) is 11.8 Å². The maximum Gasteiger partial charge on any atom is 0.224 e. The zero-order valence-electron chi connectivity index (χ0n) is 15.7. The molecule has 29 heavy (non-hydrogen) atoms. The third-order valence-electron chi connectivity index (χ3n) is 4.22. The summed E-state index contributed by atoms with van der Waals surface area (Å²) in [4.78, 5) is 24.0. The third-order valence-corrected chi connectivity index (χ3v) is 5.31. The Morgan fingerprint density at radius 3 is 1.38 bits per heavy atom. The zero-order valence-corrected chi connectivity index (χ0v) is 18.8. The van der Waals surface area contributed by atoms with E-state index in [1.807, 2.05) is 0 Å². The third kappa shape index (κ3) is 8.83. The van der Waals surface area contributed by atoms with Gasteiger partial charge >= 0.3 is 0 Å². The normalized spacial score (nSPS) is 10.6. The Balaban J connectivity index is 1.55. The van der Waals surface area contributed by atoms with E-state index in [9.17, 15) is 9.59 Å². The molecule has 0 bridgehead atoms. The molecule has 0 atom stereocenters. The van der Waals surface area contributed by atoms with Crippen LogP contribution in [0.1, 0.15) is 44.9 Å². The molecule has 0 heterocycles. The standard InChI is InChI=1S/C21H22Cl4N2O2/c22-14-8-10-18(16(24)12-14)26-20(28)6-4-2-1-3-5-7-21(29)27-19-11-9-15(23)13-17(19)25/h8-13H,1-7H2,(H,26,28)(H,27,29). The second-order valence-electron chi connectivity index (χ2n) is 6.61. The predicted molar refractivity (Wildman–Crippen MR) is 123 cm³/mol. The van der Waals surface area contributed by atoms with Crippen molar-refractivity contribution in [3.63, 3.8) is 0 Å². The molecule has 0 spiro atoms. The second-order valence-corrected chi connectivity index (χ2v) is 8.30. The number of hydrogen-bond donors (Lipinski definition) is 2. The van der Waals surface area contributed by atoms with Crippen molar-refractivity contribution in [1.29, 1.82) is 0 Å². The van der Waals surface area contributed by atoms with Crippen LogP contribution in [0.2, 0.25) is 20.1 Å². The van der Waals surface area contributed by atoms with Gasteiger partial charge in [0.1, 0.15) is 0 Å². The van der Waals surface area contributed by atoms with Crippen LogP contribution in [0.15, 0.2) is 36.4 Å². The number of anilines is 2. The van der Waals surface area contributed by atoms with Gasteiger partial charge in [-0.2, -0.15) is 0 Å². The maximum absolute atomic E-state index is 12.0. The number of benzene rings is 2. The van der Waals surface area contributed by atoms with Crippen LogP contribution in [-0.4, -0.2) is 11.8 Å². The zero-order chi connectivity index (χ0) is 21.2. The molecule has 156 valence electrons. The Kier molecular flexibility index (Phi) is 10.1. The molecule has 0 radical (unpaired) electrons. The topological polar surface area (TPSA) is 58.2 Å². The summed E-state index contributed by atoms with van der Waals surface area (Å²) in [5.74, 6) is -0.151. The average molecular weight is 476 g/mol. The average Bonchev–Trinajstić information content (AvgIpc) is 2.65. The molecule has 0 fully saturated rings. The van der Waals surface area contributed by atoms with E-state index < -0.39 is 0 Å². The van der Waals surface area contributed by atoms with E-state index in [4.69, 9.17) is 46.4 Å². The van der Waals surface area contributed by atoms with Crippen molar-refractivity contribution in [3.8, 4) is 0 Å². The van der Waals surface area contributed by atoms with Crippen molar-refractivity contribution >= 4 is 69.6 Å². The van der Waals surface area contributed by atoms with Gasteiger partial charge in [-0.1, -0.05) is 65.7 Å². The maximum atomic E-state index is 12.0. The Morgan fingerprint density at radius 2 is 1.00 bits per heavy atom. The highest BCUT2D eigenvalue weighted by Crippen LogP contribution is 2.26. The lowest BCUT2D eigenvalue weighted by Gasteiger charge is -2.08. The molecule has 0 saturated heterocycles. The van der Waals surface area contributed by atoms with Crippen LogP contribution < -0.4 is 10.6 Å². The lowest BCUT2D eigenvalue weighted by atomic mass is 10.1. The summed E-state index contributed by atoms with van der Waals surface area (Å²) in [5.41, 5.74) is 1.13. The van der Waals surface area contributed by atoms with Gasteiger partial charge in [0.2, 0.25) is 11.8 Å². The minimum atomic E-state index is -0.0755. The fraction of sp³-hybridized carbons (Fsp3) is 0.333. The van der Waals surface area contributed by atoms with Crippen molar-refractivity contribution < 1.29 is 9.59 Å². The highest BCUT2D eigenvalue weighted by Gasteiger charge is 2.08. The highest BCUT2D eigenvalue weighted by molar-refractivity contribution is 6.37. The predicted octanol–water partition coefficient (Wildman–Crippen LogP) is 7.61. The number of carbonyl (C=O) groups is 2. The molecule has 0 saturated carbocycles. The molecule has 0 aromatic heterocycles. The summed E-state index contributed by atoms with van der Waals surface area (Å²) < 4.78 is 0. The molecule has 8 heteroatoms. The molecule has 0 aliphatic rings. The highest BCUT2D eigenvalue weighted by atomic mass is 35.5. The van der Waals surface area contributed by atoms with Gasteiger partial charge in [-0.05, 0) is 49.2 Å². The van der Waals surface area contributed by atoms with E-state index in [1.54, 1.807) is 36.4 Å². The van der Waals surface area contributed by atoms with Gasteiger partial charge in [0.05, 0.1) is 21.4 Å². The van der Waals surface area contributed by atoms with E-state index in [1.165, 1.54) is 0 Å². The van der Waals surface area contributed by atoms with E-state index in [2.05, 4.69) is 10.6 Å². The van der Waals surface area contributed by atoms with Crippen molar-refractivity contribution in [3.05, 3.63) is 56.5 Å². The molecule has 2 aromatic rings. The Labute approximate surface area is 190 Å². The van der Waals surface area contributed by atoms with Gasteiger partial charge in [0, 0.05) is 22.9 Å². The smallest absolute Gasteiger partial charge is 0.224 e. The van der Waals surface area contributed by atoms with Gasteiger partial charge in [-0.15, -0.1) is 0 Å². The summed E-state index contributed by atoms with van der Waals surface area (Å²) in [6.45, 7) is 0. The first kappa shape index (κ1) is 23.8. The fourth-order valence-corrected chi connectivity index (χ4v) is 3.62. The molecule has 0 aliphatic heterocycles. The fourth-order valence-electron chi connectivity index (χ4n) is 2.71. The number of unbranched alkanes of at least 4 members (excludes halogenated alkanes) is 4. The number of amides is 2. The Hall–Kier alpha value is -1.46. The molecular weight excluding hydrogens is 454 g/mol. The minimum absolute atomic E-state index is 0.0755. The van der Waals surface area contributed by atoms with Crippen molar-refractivity contribution in [2.24, 2.45) is 0 Å². The second kappa shape index (κ2) is 12.3. The summed E-state index contributed by atoms with van der Waals surface area (Å²) in [5, 5.41) is 7.46. The molecule has 2 N–H and O–H groups in total. The van der Waals surface area contributed by atoms with Gasteiger partial charge in [-0.25, -0.2) is 0 Å². The number of rotatable bonds is 10. The molecule has 0 aliphatic carbocycles. The van der Waals surface area contributed by atoms with Crippen LogP contribution in [-0.2, 0) is 9.59 Å². The molecule has 2 aromatic carbocycles. The van der Waals surface area contributed by atoms with Gasteiger partial charge in [0.25, 0.3) is 0 Å². The lowest BCUT2D eigenvalue weighted by molar-refractivity contribution is -0.117. The van der Waals surface area contributed by atoms with E-state index >= 15 is 0 Å². The number of carbonyl (C=O) groups excluding carboxylic acids is 2. The van der Waals surface area contributed by atoms with Gasteiger partial charge < -0.3 is 10.6 Å². The monoisotopic (exact) mass is 474 g/mol. The van der Waals surface area contributed by atoms with Gasteiger partial charge in [0.15, 0.2) is 0 Å². The van der Waals surface area contributed by atoms with Crippen LogP contribution in [0.5, 0.6) is 0 Å². The summed E-state index contributed by atoms with van der Waals surface area (Å²) in [6.07, 6.45) is 5.22. The molecule has 0 unspecified atom stereocenters. The van der Waals surface area contributed by atoms with Crippen LogP contribution >= 0.6 is 46.4 Å². The Morgan fingerprint density at radius 1 is 0.621 bits per heavy atom. The molecule has 2 rings (SSSR count). The van der Waals surface area contributed by atoms with Crippen LogP contribution in [0, 0.1) is 0 Å². The van der Waals surface area contributed by atoms with Crippen molar-refractivity contribution in [1.82, 2.24) is 0 Å². The number of nitrogens with one attached hydrogen (secondary N) is 2. The lowest BCUT2D eigenvalue weighted by Crippen LogP contribution is -2.11. The van der Waals surface area contributed by atoms with Crippen LogP contribution in [0.3, 0.4) is 0 Å².